The van der Waals surface area contributed by atoms with E-state index < -0.39 is 0 Å². The van der Waals surface area contributed by atoms with Gasteiger partial charge in [-0.2, -0.15) is 0 Å². The average molecular weight is 234 g/mol. The molecule has 0 aromatic heterocycles. The van der Waals surface area contributed by atoms with E-state index in [4.69, 9.17) is 5.11 Å². The molecule has 0 bridgehead atoms. The Labute approximate surface area is 104 Å². The predicted octanol–water partition coefficient (Wildman–Crippen LogP) is 1.50. The molecular formula is C14H22N2O. The minimum atomic E-state index is 0.275. The second-order valence-electron chi connectivity index (χ2n) is 4.93. The highest BCUT2D eigenvalue weighted by molar-refractivity contribution is 5.48. The molecule has 1 atom stereocenters. The van der Waals surface area contributed by atoms with Gasteiger partial charge in [0.2, 0.25) is 0 Å². The van der Waals surface area contributed by atoms with Gasteiger partial charge in [-0.1, -0.05) is 17.7 Å². The lowest BCUT2D eigenvalue weighted by Gasteiger charge is -2.40. The minimum absolute atomic E-state index is 0.275. The van der Waals surface area contributed by atoms with Crippen LogP contribution in [0.3, 0.4) is 0 Å². The van der Waals surface area contributed by atoms with Crippen molar-refractivity contribution in [3.63, 3.8) is 0 Å². The lowest BCUT2D eigenvalue weighted by atomic mass is 10.1. The molecular weight excluding hydrogens is 212 g/mol. The molecule has 0 amide bonds. The zero-order valence-corrected chi connectivity index (χ0v) is 10.8. The Morgan fingerprint density at radius 1 is 1.24 bits per heavy atom. The van der Waals surface area contributed by atoms with Crippen molar-refractivity contribution in [3.8, 4) is 0 Å². The number of hydrogen-bond acceptors (Lipinski definition) is 3. The Morgan fingerprint density at radius 2 is 1.94 bits per heavy atom. The molecule has 1 aromatic carbocycles. The lowest BCUT2D eigenvalue weighted by molar-refractivity contribution is 0.171. The summed E-state index contributed by atoms with van der Waals surface area (Å²) in [7, 11) is 2.15. The molecule has 0 aliphatic carbocycles. The van der Waals surface area contributed by atoms with E-state index in [0.29, 0.717) is 6.04 Å². The molecule has 0 saturated carbocycles. The largest absolute Gasteiger partial charge is 0.396 e. The summed E-state index contributed by atoms with van der Waals surface area (Å²) in [4.78, 5) is 4.76. The van der Waals surface area contributed by atoms with Crippen molar-refractivity contribution < 1.29 is 5.11 Å². The Kier molecular flexibility index (Phi) is 4.02. The summed E-state index contributed by atoms with van der Waals surface area (Å²) in [6, 6.07) is 9.17. The molecule has 1 N–H and O–H groups in total. The molecule has 2 rings (SSSR count). The molecule has 94 valence electrons. The van der Waals surface area contributed by atoms with Crippen LogP contribution in [0.15, 0.2) is 24.3 Å². The van der Waals surface area contributed by atoms with Gasteiger partial charge in [0.25, 0.3) is 0 Å². The molecule has 1 fully saturated rings. The Bertz CT molecular complexity index is 350. The second kappa shape index (κ2) is 5.52. The summed E-state index contributed by atoms with van der Waals surface area (Å²) >= 11 is 0. The minimum Gasteiger partial charge on any atom is -0.396 e. The highest BCUT2D eigenvalue weighted by atomic mass is 16.3. The third kappa shape index (κ3) is 2.99. The maximum atomic E-state index is 9.08. The fourth-order valence-corrected chi connectivity index (χ4v) is 2.40. The maximum Gasteiger partial charge on any atom is 0.0446 e. The van der Waals surface area contributed by atoms with Crippen LogP contribution in [0.4, 0.5) is 5.69 Å². The van der Waals surface area contributed by atoms with E-state index in [2.05, 4.69) is 48.0 Å². The number of anilines is 1. The zero-order valence-electron chi connectivity index (χ0n) is 10.8. The van der Waals surface area contributed by atoms with Crippen LogP contribution in [0.25, 0.3) is 0 Å². The quantitative estimate of drug-likeness (QED) is 0.858. The molecule has 1 aromatic rings. The first-order valence-electron chi connectivity index (χ1n) is 6.33. The van der Waals surface area contributed by atoms with Crippen molar-refractivity contribution in [2.45, 2.75) is 19.4 Å². The molecule has 3 nitrogen and oxygen atoms in total. The SMILES string of the molecule is Cc1ccc(N2CCN(C)C(CCO)C2)cc1. The standard InChI is InChI=1S/C14H22N2O/c1-12-3-5-13(6-4-12)16-9-8-15(2)14(11-16)7-10-17/h3-6,14,17H,7-11H2,1-2H3. The van der Waals surface area contributed by atoms with Crippen molar-refractivity contribution in [2.24, 2.45) is 0 Å². The first kappa shape index (κ1) is 12.4. The summed E-state index contributed by atoms with van der Waals surface area (Å²) in [5.41, 5.74) is 2.60. The predicted molar refractivity (Wildman–Crippen MR) is 71.5 cm³/mol. The number of aryl methyl sites for hydroxylation is 1. The number of likely N-dealkylation sites (N-methyl/N-ethyl adjacent to an activating group) is 1. The average Bonchev–Trinajstić information content (AvgIpc) is 2.33. The van der Waals surface area contributed by atoms with Gasteiger partial charge in [-0.15, -0.1) is 0 Å². The van der Waals surface area contributed by atoms with Gasteiger partial charge in [0.05, 0.1) is 0 Å². The summed E-state index contributed by atoms with van der Waals surface area (Å²) < 4.78 is 0. The lowest BCUT2D eigenvalue weighted by Crippen LogP contribution is -2.51. The second-order valence-corrected chi connectivity index (χ2v) is 4.93. The van der Waals surface area contributed by atoms with Gasteiger partial charge in [0.15, 0.2) is 0 Å². The summed E-state index contributed by atoms with van der Waals surface area (Å²) in [6.45, 7) is 5.54. The Balaban J connectivity index is 2.04. The number of aliphatic hydroxyl groups is 1. The maximum absolute atomic E-state index is 9.08. The molecule has 1 heterocycles. The molecule has 3 heteroatoms. The summed E-state index contributed by atoms with van der Waals surface area (Å²) in [5, 5.41) is 9.08. The Hall–Kier alpha value is -1.06. The van der Waals surface area contributed by atoms with Crippen LogP contribution < -0.4 is 4.90 Å². The van der Waals surface area contributed by atoms with Crippen LogP contribution >= 0.6 is 0 Å². The van der Waals surface area contributed by atoms with E-state index >= 15 is 0 Å². The molecule has 1 unspecified atom stereocenters. The molecule has 17 heavy (non-hydrogen) atoms. The topological polar surface area (TPSA) is 26.7 Å². The number of hydrogen-bond donors (Lipinski definition) is 1. The van der Waals surface area contributed by atoms with Gasteiger partial charge in [-0.25, -0.2) is 0 Å². The van der Waals surface area contributed by atoms with Crippen molar-refractivity contribution in [3.05, 3.63) is 29.8 Å². The van der Waals surface area contributed by atoms with Gasteiger partial charge >= 0.3 is 0 Å². The third-order valence-electron chi connectivity index (χ3n) is 3.64. The van der Waals surface area contributed by atoms with E-state index in [0.717, 1.165) is 26.1 Å². The normalized spacial score (nSPS) is 21.8. The molecule has 1 aliphatic heterocycles. The molecule has 0 radical (unpaired) electrons. The van der Waals surface area contributed by atoms with Crippen molar-refractivity contribution in [2.75, 3.05) is 38.2 Å². The zero-order chi connectivity index (χ0) is 12.3. The number of piperazine rings is 1. The molecule has 1 aliphatic rings. The number of benzene rings is 1. The van der Waals surface area contributed by atoms with Crippen LogP contribution in [0.5, 0.6) is 0 Å². The van der Waals surface area contributed by atoms with Gasteiger partial charge in [0.1, 0.15) is 0 Å². The first-order chi connectivity index (χ1) is 8.20. The molecule has 0 spiro atoms. The fraction of sp³-hybridized carbons (Fsp3) is 0.571. The smallest absolute Gasteiger partial charge is 0.0446 e. The molecule has 1 saturated heterocycles. The number of nitrogens with zero attached hydrogens (tertiary/aromatic N) is 2. The third-order valence-corrected chi connectivity index (χ3v) is 3.64. The van der Waals surface area contributed by atoms with Gasteiger partial charge < -0.3 is 10.0 Å². The fourth-order valence-electron chi connectivity index (χ4n) is 2.40. The first-order valence-corrected chi connectivity index (χ1v) is 6.33. The summed E-state index contributed by atoms with van der Waals surface area (Å²) in [5.74, 6) is 0. The van der Waals surface area contributed by atoms with E-state index in [-0.39, 0.29) is 6.61 Å². The highest BCUT2D eigenvalue weighted by Gasteiger charge is 2.23. The van der Waals surface area contributed by atoms with Crippen molar-refractivity contribution in [1.82, 2.24) is 4.90 Å². The van der Waals surface area contributed by atoms with Crippen molar-refractivity contribution >= 4 is 5.69 Å². The van der Waals surface area contributed by atoms with E-state index in [9.17, 15) is 0 Å². The van der Waals surface area contributed by atoms with Crippen LogP contribution in [-0.4, -0.2) is 49.3 Å². The van der Waals surface area contributed by atoms with Gasteiger partial charge in [0, 0.05) is 38.0 Å². The monoisotopic (exact) mass is 234 g/mol. The van der Waals surface area contributed by atoms with Crippen LogP contribution in [0, 0.1) is 6.92 Å². The van der Waals surface area contributed by atoms with E-state index in [1.165, 1.54) is 11.3 Å². The van der Waals surface area contributed by atoms with Gasteiger partial charge in [-0.05, 0) is 32.5 Å². The van der Waals surface area contributed by atoms with Gasteiger partial charge in [-0.3, -0.25) is 4.90 Å². The van der Waals surface area contributed by atoms with Crippen molar-refractivity contribution in [1.29, 1.82) is 0 Å². The number of rotatable bonds is 3. The van der Waals surface area contributed by atoms with Crippen LogP contribution in [-0.2, 0) is 0 Å². The van der Waals surface area contributed by atoms with E-state index in [1.54, 1.807) is 0 Å². The summed E-state index contributed by atoms with van der Waals surface area (Å²) in [6.07, 6.45) is 0.860. The Morgan fingerprint density at radius 3 is 2.59 bits per heavy atom. The van der Waals surface area contributed by atoms with E-state index in [1.807, 2.05) is 0 Å². The highest BCUT2D eigenvalue weighted by Crippen LogP contribution is 2.20. The number of aliphatic hydroxyl groups excluding tert-OH is 1. The van der Waals surface area contributed by atoms with Crippen LogP contribution in [0.1, 0.15) is 12.0 Å². The van der Waals surface area contributed by atoms with Crippen LogP contribution in [0.2, 0.25) is 0 Å².